The highest BCUT2D eigenvalue weighted by Crippen LogP contribution is 2.24. The molecule has 18 heavy (non-hydrogen) atoms. The van der Waals surface area contributed by atoms with Crippen LogP contribution in [0.2, 0.25) is 0 Å². The van der Waals surface area contributed by atoms with Gasteiger partial charge in [0.2, 0.25) is 0 Å². The fraction of sp³-hybridized carbons (Fsp3) is 0.250. The Labute approximate surface area is 108 Å². The summed E-state index contributed by atoms with van der Waals surface area (Å²) < 4.78 is 1.44. The van der Waals surface area contributed by atoms with E-state index in [9.17, 15) is 9.59 Å². The van der Waals surface area contributed by atoms with Crippen molar-refractivity contribution in [3.63, 3.8) is 0 Å². The number of nitrogens with zero attached hydrogens (tertiary/aromatic N) is 2. The molecule has 1 heterocycles. The summed E-state index contributed by atoms with van der Waals surface area (Å²) in [5.74, 6) is 0.124. The maximum Gasteiger partial charge on any atom is 0.343 e. The number of rotatable bonds is 4. The van der Waals surface area contributed by atoms with Crippen LogP contribution in [-0.4, -0.2) is 20.5 Å². The van der Waals surface area contributed by atoms with Gasteiger partial charge >= 0.3 is 5.69 Å². The summed E-state index contributed by atoms with van der Waals surface area (Å²) in [6, 6.07) is 7.29. The number of hydrogen-bond acceptors (Lipinski definition) is 4. The lowest BCUT2D eigenvalue weighted by Gasteiger charge is -2.01. The van der Waals surface area contributed by atoms with E-state index in [1.807, 2.05) is 19.1 Å². The molecule has 5 nitrogen and oxygen atoms in total. The zero-order valence-electron chi connectivity index (χ0n) is 10.1. The minimum atomic E-state index is -0.240. The van der Waals surface area contributed by atoms with E-state index in [0.717, 1.165) is 4.90 Å². The summed E-state index contributed by atoms with van der Waals surface area (Å²) >= 11 is 1.37. The molecule has 94 valence electrons. The molecule has 0 bridgehead atoms. The number of benzene rings is 1. The van der Waals surface area contributed by atoms with Crippen molar-refractivity contribution in [3.05, 3.63) is 40.3 Å². The second-order valence-corrected chi connectivity index (χ2v) is 4.81. The van der Waals surface area contributed by atoms with Crippen LogP contribution in [0, 0.1) is 0 Å². The third-order valence-electron chi connectivity index (χ3n) is 2.55. The van der Waals surface area contributed by atoms with Crippen molar-refractivity contribution in [2.45, 2.75) is 23.4 Å². The molecular formula is C12H13N3O2S. The Bertz CT molecular complexity index is 613. The van der Waals surface area contributed by atoms with Gasteiger partial charge in [-0.1, -0.05) is 19.1 Å². The lowest BCUT2D eigenvalue weighted by molar-refractivity contribution is 0.0988. The standard InChI is InChI=1S/C12H13N3O2S/c1-3-10(16)8-4-6-9(7-5-8)18-12-14-13-11(17)15(12)2/h4-7H,3H2,1-2H3,(H,13,17). The number of aromatic nitrogens is 3. The second kappa shape index (κ2) is 5.22. The molecule has 0 aliphatic rings. The molecule has 1 aromatic carbocycles. The van der Waals surface area contributed by atoms with Crippen molar-refractivity contribution in [3.8, 4) is 0 Å². The first-order valence-corrected chi connectivity index (χ1v) is 6.36. The third kappa shape index (κ3) is 2.53. The van der Waals surface area contributed by atoms with Crippen molar-refractivity contribution in [1.82, 2.24) is 14.8 Å². The number of H-pyrrole nitrogens is 1. The van der Waals surface area contributed by atoms with Gasteiger partial charge in [0.15, 0.2) is 10.9 Å². The van der Waals surface area contributed by atoms with E-state index in [0.29, 0.717) is 17.1 Å². The molecule has 0 fully saturated rings. The van der Waals surface area contributed by atoms with Gasteiger partial charge in [-0.25, -0.2) is 9.89 Å². The van der Waals surface area contributed by atoms with Crippen LogP contribution in [0.3, 0.4) is 0 Å². The molecule has 0 radical (unpaired) electrons. The number of nitrogens with one attached hydrogen (secondary N) is 1. The molecule has 0 aliphatic heterocycles. The van der Waals surface area contributed by atoms with Crippen LogP contribution in [0.25, 0.3) is 0 Å². The Kier molecular flexibility index (Phi) is 3.66. The van der Waals surface area contributed by atoms with Gasteiger partial charge in [0.05, 0.1) is 0 Å². The average Bonchev–Trinajstić information content (AvgIpc) is 2.71. The quantitative estimate of drug-likeness (QED) is 0.855. The maximum atomic E-state index is 11.5. The molecule has 1 aromatic heterocycles. The summed E-state index contributed by atoms with van der Waals surface area (Å²) in [6.07, 6.45) is 0.500. The lowest BCUT2D eigenvalue weighted by Crippen LogP contribution is -2.12. The molecule has 2 rings (SSSR count). The summed E-state index contributed by atoms with van der Waals surface area (Å²) in [6.45, 7) is 1.84. The summed E-state index contributed by atoms with van der Waals surface area (Å²) in [7, 11) is 1.66. The minimum absolute atomic E-state index is 0.124. The van der Waals surface area contributed by atoms with Crippen LogP contribution >= 0.6 is 11.8 Å². The zero-order valence-corrected chi connectivity index (χ0v) is 11.0. The fourth-order valence-corrected chi connectivity index (χ4v) is 2.24. The zero-order chi connectivity index (χ0) is 13.1. The smallest absolute Gasteiger partial charge is 0.294 e. The van der Waals surface area contributed by atoms with Crippen molar-refractivity contribution < 1.29 is 4.79 Å². The van der Waals surface area contributed by atoms with E-state index in [1.165, 1.54) is 16.3 Å². The molecule has 0 aliphatic carbocycles. The summed E-state index contributed by atoms with van der Waals surface area (Å²) in [5.41, 5.74) is 0.466. The molecule has 0 spiro atoms. The number of carbonyl (C=O) groups excluding carboxylic acids is 1. The number of hydrogen-bond donors (Lipinski definition) is 1. The van der Waals surface area contributed by atoms with Gasteiger partial charge in [-0.05, 0) is 23.9 Å². The van der Waals surface area contributed by atoms with Gasteiger partial charge in [0, 0.05) is 23.9 Å². The van der Waals surface area contributed by atoms with Crippen LogP contribution < -0.4 is 5.69 Å². The SMILES string of the molecule is CCC(=O)c1ccc(Sc2n[nH]c(=O)n2C)cc1. The Morgan fingerprint density at radius 3 is 2.56 bits per heavy atom. The number of ketones is 1. The Morgan fingerprint density at radius 2 is 2.06 bits per heavy atom. The van der Waals surface area contributed by atoms with Gasteiger partial charge in [-0.3, -0.25) is 9.36 Å². The van der Waals surface area contributed by atoms with Gasteiger partial charge < -0.3 is 0 Å². The number of Topliss-reactive ketones (excluding diaryl/α,β-unsaturated/α-hetero) is 1. The monoisotopic (exact) mass is 263 g/mol. The highest BCUT2D eigenvalue weighted by atomic mass is 32.2. The van der Waals surface area contributed by atoms with E-state index in [4.69, 9.17) is 0 Å². The molecular weight excluding hydrogens is 250 g/mol. The Balaban J connectivity index is 2.18. The second-order valence-electron chi connectivity index (χ2n) is 3.77. The molecule has 2 aromatic rings. The van der Waals surface area contributed by atoms with Gasteiger partial charge in [0.25, 0.3) is 0 Å². The third-order valence-corrected chi connectivity index (χ3v) is 3.60. The topological polar surface area (TPSA) is 67.8 Å². The van der Waals surface area contributed by atoms with Crippen LogP contribution in [0.1, 0.15) is 23.7 Å². The predicted molar refractivity (Wildman–Crippen MR) is 69.0 cm³/mol. The molecule has 0 amide bonds. The summed E-state index contributed by atoms with van der Waals surface area (Å²) in [4.78, 5) is 23.6. The molecule has 0 atom stereocenters. The Morgan fingerprint density at radius 1 is 1.39 bits per heavy atom. The fourth-order valence-electron chi connectivity index (χ4n) is 1.44. The lowest BCUT2D eigenvalue weighted by atomic mass is 10.1. The van der Waals surface area contributed by atoms with E-state index < -0.39 is 0 Å². The molecule has 6 heteroatoms. The maximum absolute atomic E-state index is 11.5. The van der Waals surface area contributed by atoms with Crippen LogP contribution in [0.4, 0.5) is 0 Å². The minimum Gasteiger partial charge on any atom is -0.294 e. The van der Waals surface area contributed by atoms with Gasteiger partial charge in [-0.2, -0.15) is 0 Å². The van der Waals surface area contributed by atoms with Gasteiger partial charge in [0.1, 0.15) is 0 Å². The first-order valence-electron chi connectivity index (χ1n) is 5.54. The largest absolute Gasteiger partial charge is 0.343 e. The highest BCUT2D eigenvalue weighted by molar-refractivity contribution is 7.99. The van der Waals surface area contributed by atoms with E-state index in [2.05, 4.69) is 10.2 Å². The molecule has 0 saturated carbocycles. The number of aromatic amines is 1. The van der Waals surface area contributed by atoms with E-state index in [1.54, 1.807) is 19.2 Å². The predicted octanol–water partition coefficient (Wildman–Crippen LogP) is 1.85. The number of carbonyl (C=O) groups is 1. The molecule has 0 saturated heterocycles. The average molecular weight is 263 g/mol. The van der Waals surface area contributed by atoms with Crippen LogP contribution in [0.15, 0.2) is 39.1 Å². The van der Waals surface area contributed by atoms with Crippen LogP contribution in [-0.2, 0) is 7.05 Å². The van der Waals surface area contributed by atoms with Crippen molar-refractivity contribution in [2.24, 2.45) is 7.05 Å². The Hall–Kier alpha value is -1.82. The molecule has 0 unspecified atom stereocenters. The first-order chi connectivity index (χ1) is 8.61. The van der Waals surface area contributed by atoms with E-state index in [-0.39, 0.29) is 11.5 Å². The highest BCUT2D eigenvalue weighted by Gasteiger charge is 2.07. The summed E-state index contributed by atoms with van der Waals surface area (Å²) in [5, 5.41) is 6.88. The van der Waals surface area contributed by atoms with Crippen molar-refractivity contribution in [1.29, 1.82) is 0 Å². The van der Waals surface area contributed by atoms with Gasteiger partial charge in [-0.15, -0.1) is 5.10 Å². The normalized spacial score (nSPS) is 10.6. The van der Waals surface area contributed by atoms with E-state index >= 15 is 0 Å². The van der Waals surface area contributed by atoms with Crippen molar-refractivity contribution in [2.75, 3.05) is 0 Å². The van der Waals surface area contributed by atoms with Crippen molar-refractivity contribution >= 4 is 17.5 Å². The first kappa shape index (κ1) is 12.6. The molecule has 1 N–H and O–H groups in total. The van der Waals surface area contributed by atoms with Crippen LogP contribution in [0.5, 0.6) is 0 Å².